The minimum Gasteiger partial charge on any atom is -0.390 e. The summed E-state index contributed by atoms with van der Waals surface area (Å²) in [4.78, 5) is 0. The topological polar surface area (TPSA) is 29.5 Å². The second-order valence-corrected chi connectivity index (χ2v) is 2.83. The van der Waals surface area contributed by atoms with Crippen LogP contribution in [0.1, 0.15) is 20.3 Å². The summed E-state index contributed by atoms with van der Waals surface area (Å²) in [6.07, 6.45) is 0.776. The fourth-order valence-corrected chi connectivity index (χ4v) is 1.17. The standard InChI is InChI=1S/C7H14O2/c1-5-3-4-9-6(2)7(5)8/h5-8H,3-4H2,1-2H3/t5-,6?,7+/m0/s1. The van der Waals surface area contributed by atoms with Crippen molar-refractivity contribution in [2.75, 3.05) is 6.61 Å². The van der Waals surface area contributed by atoms with E-state index < -0.39 is 0 Å². The van der Waals surface area contributed by atoms with Gasteiger partial charge in [0.15, 0.2) is 0 Å². The number of hydrogen-bond donors (Lipinski definition) is 1. The molecule has 0 spiro atoms. The first-order chi connectivity index (χ1) is 4.22. The molecular weight excluding hydrogens is 116 g/mol. The maximum atomic E-state index is 9.32. The van der Waals surface area contributed by atoms with Gasteiger partial charge < -0.3 is 9.84 Å². The van der Waals surface area contributed by atoms with E-state index >= 15 is 0 Å². The molecule has 2 nitrogen and oxygen atoms in total. The van der Waals surface area contributed by atoms with E-state index in [0.717, 1.165) is 13.0 Å². The second-order valence-electron chi connectivity index (χ2n) is 2.83. The monoisotopic (exact) mass is 130 g/mol. The van der Waals surface area contributed by atoms with Gasteiger partial charge in [0.1, 0.15) is 0 Å². The van der Waals surface area contributed by atoms with Gasteiger partial charge >= 0.3 is 0 Å². The Morgan fingerprint density at radius 2 is 2.11 bits per heavy atom. The van der Waals surface area contributed by atoms with E-state index in [-0.39, 0.29) is 12.2 Å². The van der Waals surface area contributed by atoms with Crippen LogP contribution in [0.15, 0.2) is 0 Å². The third kappa shape index (κ3) is 1.43. The molecule has 1 aliphatic heterocycles. The predicted molar refractivity (Wildman–Crippen MR) is 35.2 cm³/mol. The molecule has 1 fully saturated rings. The molecule has 0 radical (unpaired) electrons. The maximum Gasteiger partial charge on any atom is 0.0825 e. The lowest BCUT2D eigenvalue weighted by molar-refractivity contribution is -0.0911. The quantitative estimate of drug-likeness (QED) is 0.525. The molecule has 0 amide bonds. The fourth-order valence-electron chi connectivity index (χ4n) is 1.17. The zero-order chi connectivity index (χ0) is 6.85. The van der Waals surface area contributed by atoms with Gasteiger partial charge in [-0.15, -0.1) is 0 Å². The molecule has 1 N–H and O–H groups in total. The van der Waals surface area contributed by atoms with Crippen LogP contribution in [0.3, 0.4) is 0 Å². The van der Waals surface area contributed by atoms with E-state index in [0.29, 0.717) is 5.92 Å². The first kappa shape index (κ1) is 7.03. The first-order valence-electron chi connectivity index (χ1n) is 3.51. The van der Waals surface area contributed by atoms with Gasteiger partial charge in [-0.1, -0.05) is 6.92 Å². The lowest BCUT2D eigenvalue weighted by Crippen LogP contribution is -2.37. The number of hydrogen-bond acceptors (Lipinski definition) is 2. The molecule has 1 aliphatic rings. The lowest BCUT2D eigenvalue weighted by atomic mass is 9.95. The van der Waals surface area contributed by atoms with Crippen LogP contribution in [0, 0.1) is 5.92 Å². The zero-order valence-corrected chi connectivity index (χ0v) is 6.00. The van der Waals surface area contributed by atoms with Crippen molar-refractivity contribution in [3.8, 4) is 0 Å². The summed E-state index contributed by atoms with van der Waals surface area (Å²) < 4.78 is 5.21. The van der Waals surface area contributed by atoms with E-state index in [1.165, 1.54) is 0 Å². The zero-order valence-electron chi connectivity index (χ0n) is 6.00. The Bertz CT molecular complexity index is 82.9. The van der Waals surface area contributed by atoms with E-state index in [1.54, 1.807) is 0 Å². The Morgan fingerprint density at radius 1 is 1.44 bits per heavy atom. The van der Waals surface area contributed by atoms with Gasteiger partial charge in [-0.25, -0.2) is 0 Å². The third-order valence-electron chi connectivity index (χ3n) is 2.02. The van der Waals surface area contributed by atoms with Crippen LogP contribution < -0.4 is 0 Å². The van der Waals surface area contributed by atoms with E-state index in [2.05, 4.69) is 6.92 Å². The number of aliphatic hydroxyl groups is 1. The Hall–Kier alpha value is -0.0800. The average Bonchev–Trinajstić information content (AvgIpc) is 1.83. The van der Waals surface area contributed by atoms with Crippen molar-refractivity contribution in [1.29, 1.82) is 0 Å². The molecule has 0 aromatic rings. The molecule has 54 valence electrons. The third-order valence-corrected chi connectivity index (χ3v) is 2.02. The van der Waals surface area contributed by atoms with Gasteiger partial charge in [0.05, 0.1) is 12.2 Å². The molecule has 1 heterocycles. The molecular formula is C7H14O2. The Morgan fingerprint density at radius 3 is 2.56 bits per heavy atom. The predicted octanol–water partition coefficient (Wildman–Crippen LogP) is 0.792. The van der Waals surface area contributed by atoms with Crippen molar-refractivity contribution in [3.05, 3.63) is 0 Å². The van der Waals surface area contributed by atoms with Gasteiger partial charge in [0, 0.05) is 6.61 Å². The minimum atomic E-state index is -0.251. The van der Waals surface area contributed by atoms with E-state index in [4.69, 9.17) is 4.74 Å². The smallest absolute Gasteiger partial charge is 0.0825 e. The van der Waals surface area contributed by atoms with Crippen LogP contribution in [-0.2, 0) is 4.74 Å². The molecule has 1 unspecified atom stereocenters. The van der Waals surface area contributed by atoms with Gasteiger partial charge in [0.25, 0.3) is 0 Å². The van der Waals surface area contributed by atoms with Crippen molar-refractivity contribution >= 4 is 0 Å². The summed E-state index contributed by atoms with van der Waals surface area (Å²) in [5.41, 5.74) is 0. The molecule has 1 saturated heterocycles. The van der Waals surface area contributed by atoms with Crippen molar-refractivity contribution in [1.82, 2.24) is 0 Å². The summed E-state index contributed by atoms with van der Waals surface area (Å²) in [7, 11) is 0. The number of ether oxygens (including phenoxy) is 1. The summed E-state index contributed by atoms with van der Waals surface area (Å²) >= 11 is 0. The molecule has 0 aromatic carbocycles. The molecule has 9 heavy (non-hydrogen) atoms. The molecule has 0 saturated carbocycles. The first-order valence-corrected chi connectivity index (χ1v) is 3.51. The molecule has 1 rings (SSSR count). The Labute approximate surface area is 55.8 Å². The minimum absolute atomic E-state index is 0.0359. The van der Waals surface area contributed by atoms with Gasteiger partial charge in [0.2, 0.25) is 0 Å². The van der Waals surface area contributed by atoms with Gasteiger partial charge in [-0.05, 0) is 19.3 Å². The summed E-state index contributed by atoms with van der Waals surface area (Å²) in [6, 6.07) is 0. The van der Waals surface area contributed by atoms with E-state index in [1.807, 2.05) is 6.92 Å². The van der Waals surface area contributed by atoms with Crippen molar-refractivity contribution in [2.24, 2.45) is 5.92 Å². The number of rotatable bonds is 0. The summed E-state index contributed by atoms with van der Waals surface area (Å²) in [5, 5.41) is 9.32. The molecule has 0 aliphatic carbocycles. The number of aliphatic hydroxyl groups excluding tert-OH is 1. The highest BCUT2D eigenvalue weighted by Gasteiger charge is 2.25. The highest BCUT2D eigenvalue weighted by molar-refractivity contribution is 4.74. The molecule has 2 heteroatoms. The maximum absolute atomic E-state index is 9.32. The van der Waals surface area contributed by atoms with Crippen LogP contribution in [-0.4, -0.2) is 23.9 Å². The van der Waals surface area contributed by atoms with Crippen LogP contribution in [0.5, 0.6) is 0 Å². The van der Waals surface area contributed by atoms with Crippen LogP contribution >= 0.6 is 0 Å². The van der Waals surface area contributed by atoms with Crippen LogP contribution in [0.2, 0.25) is 0 Å². The van der Waals surface area contributed by atoms with Crippen LogP contribution in [0.4, 0.5) is 0 Å². The van der Waals surface area contributed by atoms with Crippen molar-refractivity contribution in [2.45, 2.75) is 32.5 Å². The van der Waals surface area contributed by atoms with Crippen LogP contribution in [0.25, 0.3) is 0 Å². The summed E-state index contributed by atoms with van der Waals surface area (Å²) in [5.74, 6) is 0.411. The van der Waals surface area contributed by atoms with E-state index in [9.17, 15) is 5.11 Å². The summed E-state index contributed by atoms with van der Waals surface area (Å²) in [6.45, 7) is 4.78. The second kappa shape index (κ2) is 2.67. The van der Waals surface area contributed by atoms with Crippen molar-refractivity contribution in [3.63, 3.8) is 0 Å². The fraction of sp³-hybridized carbons (Fsp3) is 1.00. The molecule has 3 atom stereocenters. The van der Waals surface area contributed by atoms with Gasteiger partial charge in [-0.2, -0.15) is 0 Å². The Balaban J connectivity index is 2.41. The molecule has 0 aromatic heterocycles. The normalized spacial score (nSPS) is 45.0. The Kier molecular flexibility index (Phi) is 2.09. The largest absolute Gasteiger partial charge is 0.390 e. The average molecular weight is 130 g/mol. The van der Waals surface area contributed by atoms with Crippen molar-refractivity contribution < 1.29 is 9.84 Å². The SMILES string of the molecule is CC1OCC[C@H](C)[C@H]1O. The highest BCUT2D eigenvalue weighted by Crippen LogP contribution is 2.19. The highest BCUT2D eigenvalue weighted by atomic mass is 16.5. The lowest BCUT2D eigenvalue weighted by Gasteiger charge is -2.30. The van der Waals surface area contributed by atoms with Gasteiger partial charge in [-0.3, -0.25) is 0 Å². The molecule has 0 bridgehead atoms.